The molecule has 1 atom stereocenters. The van der Waals surface area contributed by atoms with Crippen LogP contribution < -0.4 is 5.32 Å². The summed E-state index contributed by atoms with van der Waals surface area (Å²) in [5.41, 5.74) is 1.01. The molecule has 1 amide bonds. The van der Waals surface area contributed by atoms with Crippen LogP contribution in [0.5, 0.6) is 0 Å². The molecule has 0 spiro atoms. The van der Waals surface area contributed by atoms with Crippen LogP contribution in [0.4, 0.5) is 5.82 Å². The van der Waals surface area contributed by atoms with Crippen molar-refractivity contribution < 1.29 is 13.2 Å². The van der Waals surface area contributed by atoms with E-state index in [9.17, 15) is 13.2 Å². The summed E-state index contributed by atoms with van der Waals surface area (Å²) >= 11 is 0. The fraction of sp³-hybridized carbons (Fsp3) is 0.550. The first-order valence-corrected chi connectivity index (χ1v) is 11.3. The molecule has 1 saturated carbocycles. The molecule has 3 rings (SSSR count). The van der Waals surface area contributed by atoms with E-state index in [1.165, 1.54) is 29.9 Å². The number of nitrogens with one attached hydrogen (secondary N) is 1. The van der Waals surface area contributed by atoms with E-state index >= 15 is 0 Å². The molecule has 0 radical (unpaired) electrons. The normalized spacial score (nSPS) is 16.4. The summed E-state index contributed by atoms with van der Waals surface area (Å²) < 4.78 is 26.4. The Morgan fingerprint density at radius 3 is 2.57 bits per heavy atom. The van der Waals surface area contributed by atoms with E-state index in [2.05, 4.69) is 15.4 Å². The van der Waals surface area contributed by atoms with Crippen molar-refractivity contribution in [2.45, 2.75) is 69.1 Å². The highest BCUT2D eigenvalue weighted by Gasteiger charge is 2.29. The SMILES string of the molecule is Cc1ccc(NC(=O)C(CC2CCCC2)n2cc(S(=O)(=O)C(C)C)cn2)nc1. The molecule has 0 saturated heterocycles. The number of nitrogens with zero attached hydrogens (tertiary/aromatic N) is 3. The number of aromatic nitrogens is 3. The Morgan fingerprint density at radius 2 is 1.96 bits per heavy atom. The summed E-state index contributed by atoms with van der Waals surface area (Å²) in [5.74, 6) is 0.699. The van der Waals surface area contributed by atoms with Crippen molar-refractivity contribution >= 4 is 21.6 Å². The second-order valence-corrected chi connectivity index (χ2v) is 10.4. The van der Waals surface area contributed by atoms with Crippen molar-refractivity contribution in [1.82, 2.24) is 14.8 Å². The standard InChI is InChI=1S/C20H28N4O3S/c1-14(2)28(26,27)17-12-22-24(13-17)18(10-16-6-4-5-7-16)20(25)23-19-9-8-15(3)11-21-19/h8-9,11-14,16,18H,4-7,10H2,1-3H3,(H,21,23,25). The van der Waals surface area contributed by atoms with Gasteiger partial charge < -0.3 is 5.32 Å². The molecule has 0 aromatic carbocycles. The molecular formula is C20H28N4O3S. The van der Waals surface area contributed by atoms with E-state index in [1.54, 1.807) is 26.1 Å². The molecule has 2 heterocycles. The lowest BCUT2D eigenvalue weighted by Crippen LogP contribution is -2.28. The van der Waals surface area contributed by atoms with E-state index < -0.39 is 21.1 Å². The minimum atomic E-state index is -3.43. The Morgan fingerprint density at radius 1 is 1.25 bits per heavy atom. The van der Waals surface area contributed by atoms with Gasteiger partial charge >= 0.3 is 0 Å². The Kier molecular flexibility index (Phi) is 6.17. The zero-order chi connectivity index (χ0) is 20.3. The monoisotopic (exact) mass is 404 g/mol. The minimum Gasteiger partial charge on any atom is -0.309 e. The number of sulfone groups is 1. The predicted octanol–water partition coefficient (Wildman–Crippen LogP) is 3.53. The van der Waals surface area contributed by atoms with Crippen molar-refractivity contribution in [3.8, 4) is 0 Å². The van der Waals surface area contributed by atoms with Gasteiger partial charge in [-0.2, -0.15) is 5.10 Å². The molecule has 152 valence electrons. The second kappa shape index (κ2) is 8.43. The zero-order valence-corrected chi connectivity index (χ0v) is 17.4. The fourth-order valence-electron chi connectivity index (χ4n) is 3.56. The maximum absolute atomic E-state index is 13.0. The summed E-state index contributed by atoms with van der Waals surface area (Å²) in [5, 5.41) is 6.55. The van der Waals surface area contributed by atoms with Gasteiger partial charge in [-0.1, -0.05) is 31.7 Å². The molecule has 2 aromatic rings. The fourth-order valence-corrected chi connectivity index (χ4v) is 4.55. The lowest BCUT2D eigenvalue weighted by atomic mass is 9.98. The largest absolute Gasteiger partial charge is 0.309 e. The predicted molar refractivity (Wildman–Crippen MR) is 108 cm³/mol. The van der Waals surface area contributed by atoms with Crippen LogP contribution in [-0.4, -0.2) is 34.3 Å². The summed E-state index contributed by atoms with van der Waals surface area (Å²) in [6.07, 6.45) is 9.68. The number of carbonyl (C=O) groups is 1. The molecule has 7 nitrogen and oxygen atoms in total. The lowest BCUT2D eigenvalue weighted by molar-refractivity contribution is -0.120. The van der Waals surface area contributed by atoms with Crippen LogP contribution in [0.15, 0.2) is 35.6 Å². The number of carbonyl (C=O) groups excluding carboxylic acids is 1. The number of amides is 1. The minimum absolute atomic E-state index is 0.153. The molecule has 1 aliphatic rings. The molecule has 0 aliphatic heterocycles. The van der Waals surface area contributed by atoms with Crippen LogP contribution in [0.3, 0.4) is 0 Å². The maximum Gasteiger partial charge on any atom is 0.250 e. The van der Waals surface area contributed by atoms with E-state index in [0.29, 0.717) is 18.2 Å². The van der Waals surface area contributed by atoms with Gasteiger partial charge in [0, 0.05) is 12.4 Å². The Labute approximate surface area is 166 Å². The third kappa shape index (κ3) is 4.60. The number of pyridine rings is 1. The third-order valence-electron chi connectivity index (χ3n) is 5.34. The van der Waals surface area contributed by atoms with Gasteiger partial charge in [-0.25, -0.2) is 13.4 Å². The van der Waals surface area contributed by atoms with Crippen LogP contribution in [0.2, 0.25) is 0 Å². The average molecular weight is 405 g/mol. The highest BCUT2D eigenvalue weighted by atomic mass is 32.2. The van der Waals surface area contributed by atoms with Gasteiger partial charge in [-0.05, 0) is 44.7 Å². The van der Waals surface area contributed by atoms with Crippen molar-refractivity contribution in [3.05, 3.63) is 36.3 Å². The number of rotatable bonds is 7. The number of aryl methyl sites for hydroxylation is 1. The molecular weight excluding hydrogens is 376 g/mol. The first-order chi connectivity index (χ1) is 13.3. The first-order valence-electron chi connectivity index (χ1n) is 9.79. The van der Waals surface area contributed by atoms with Gasteiger partial charge in [0.1, 0.15) is 16.8 Å². The summed E-state index contributed by atoms with van der Waals surface area (Å²) in [4.78, 5) is 17.4. The van der Waals surface area contributed by atoms with Gasteiger partial charge in [-0.3, -0.25) is 9.48 Å². The van der Waals surface area contributed by atoms with E-state index in [0.717, 1.165) is 18.4 Å². The summed E-state index contributed by atoms with van der Waals surface area (Å²) in [6.45, 7) is 5.21. The molecule has 1 aliphatic carbocycles. The van der Waals surface area contributed by atoms with Crippen LogP contribution in [0.25, 0.3) is 0 Å². The number of anilines is 1. The van der Waals surface area contributed by atoms with Crippen LogP contribution in [0, 0.1) is 12.8 Å². The van der Waals surface area contributed by atoms with Crippen LogP contribution >= 0.6 is 0 Å². The topological polar surface area (TPSA) is 94.0 Å². The van der Waals surface area contributed by atoms with Crippen molar-refractivity contribution in [3.63, 3.8) is 0 Å². The summed E-state index contributed by atoms with van der Waals surface area (Å²) in [7, 11) is -3.43. The molecule has 8 heteroatoms. The molecule has 28 heavy (non-hydrogen) atoms. The van der Waals surface area contributed by atoms with Crippen LogP contribution in [0.1, 0.15) is 57.6 Å². The Hall–Kier alpha value is -2.22. The van der Waals surface area contributed by atoms with Crippen molar-refractivity contribution in [2.75, 3.05) is 5.32 Å². The molecule has 2 aromatic heterocycles. The quantitative estimate of drug-likeness (QED) is 0.762. The van der Waals surface area contributed by atoms with E-state index in [1.807, 2.05) is 13.0 Å². The number of hydrogen-bond acceptors (Lipinski definition) is 5. The Bertz CT molecular complexity index is 913. The maximum atomic E-state index is 13.0. The smallest absolute Gasteiger partial charge is 0.250 e. The van der Waals surface area contributed by atoms with Gasteiger partial charge in [0.2, 0.25) is 5.91 Å². The average Bonchev–Trinajstić information content (AvgIpc) is 3.33. The van der Waals surface area contributed by atoms with Crippen molar-refractivity contribution in [1.29, 1.82) is 0 Å². The molecule has 0 bridgehead atoms. The second-order valence-electron chi connectivity index (χ2n) is 7.86. The van der Waals surface area contributed by atoms with Gasteiger partial charge in [0.15, 0.2) is 9.84 Å². The highest BCUT2D eigenvalue weighted by molar-refractivity contribution is 7.92. The van der Waals surface area contributed by atoms with E-state index in [-0.39, 0.29) is 10.8 Å². The molecule has 1 fully saturated rings. The Balaban J connectivity index is 1.85. The van der Waals surface area contributed by atoms with Gasteiger partial charge in [0.05, 0.1) is 11.4 Å². The van der Waals surface area contributed by atoms with E-state index in [4.69, 9.17) is 0 Å². The lowest BCUT2D eigenvalue weighted by Gasteiger charge is -2.20. The first kappa shape index (κ1) is 20.5. The zero-order valence-electron chi connectivity index (χ0n) is 16.6. The molecule has 1 unspecified atom stereocenters. The van der Waals surface area contributed by atoms with Gasteiger partial charge in [-0.15, -0.1) is 0 Å². The molecule has 1 N–H and O–H groups in total. The third-order valence-corrected chi connectivity index (χ3v) is 7.45. The van der Waals surface area contributed by atoms with Crippen molar-refractivity contribution in [2.24, 2.45) is 5.92 Å². The summed E-state index contributed by atoms with van der Waals surface area (Å²) in [6, 6.07) is 3.08. The highest BCUT2D eigenvalue weighted by Crippen LogP contribution is 2.32. The van der Waals surface area contributed by atoms with Gasteiger partial charge in [0.25, 0.3) is 0 Å². The van der Waals surface area contributed by atoms with Crippen LogP contribution in [-0.2, 0) is 14.6 Å². The number of hydrogen-bond donors (Lipinski definition) is 1.